The quantitative estimate of drug-likeness (QED) is 0.251. The number of amides is 1. The maximum absolute atomic E-state index is 13.5. The summed E-state index contributed by atoms with van der Waals surface area (Å²) in [6, 6.07) is 18.1. The van der Waals surface area contributed by atoms with Crippen LogP contribution in [0.15, 0.2) is 82.9 Å². The van der Waals surface area contributed by atoms with Crippen molar-refractivity contribution in [3.8, 4) is 22.0 Å². The van der Waals surface area contributed by atoms with Crippen molar-refractivity contribution >= 4 is 28.3 Å². The van der Waals surface area contributed by atoms with Crippen LogP contribution >= 0.6 is 11.3 Å². The molecule has 43 heavy (non-hydrogen) atoms. The van der Waals surface area contributed by atoms with Crippen molar-refractivity contribution in [2.75, 3.05) is 26.2 Å². The molecule has 0 bridgehead atoms. The van der Waals surface area contributed by atoms with Crippen LogP contribution in [0.3, 0.4) is 0 Å². The Bertz CT molecular complexity index is 1870. The van der Waals surface area contributed by atoms with Crippen molar-refractivity contribution in [3.05, 3.63) is 95.5 Å². The van der Waals surface area contributed by atoms with E-state index in [4.69, 9.17) is 4.42 Å². The number of nitrogens with zero attached hydrogens (tertiary/aromatic N) is 9. The Hall–Kier alpha value is -4.95. The molecule has 0 saturated carbocycles. The molecule has 11 nitrogen and oxygen atoms in total. The molecule has 7 rings (SSSR count). The van der Waals surface area contributed by atoms with E-state index in [9.17, 15) is 13.6 Å². The Balaban J connectivity index is 1.08. The monoisotopic (exact) mass is 599 g/mol. The number of benzene rings is 2. The summed E-state index contributed by atoms with van der Waals surface area (Å²) in [5, 5.41) is 14.2. The number of hydrogen-bond donors (Lipinski definition) is 0. The van der Waals surface area contributed by atoms with Gasteiger partial charge in [0.25, 0.3) is 5.91 Å². The van der Waals surface area contributed by atoms with Gasteiger partial charge in [0.2, 0.25) is 5.89 Å². The van der Waals surface area contributed by atoms with Gasteiger partial charge >= 0.3 is 6.55 Å². The first-order valence-corrected chi connectivity index (χ1v) is 14.3. The number of thiazole rings is 1. The van der Waals surface area contributed by atoms with Crippen LogP contribution in [0, 0.1) is 0 Å². The van der Waals surface area contributed by atoms with Crippen LogP contribution in [-0.4, -0.2) is 77.0 Å². The van der Waals surface area contributed by atoms with Gasteiger partial charge in [-0.3, -0.25) is 14.7 Å². The lowest BCUT2D eigenvalue weighted by atomic mass is 10.0. The zero-order valence-electron chi connectivity index (χ0n) is 22.5. The Morgan fingerprint density at radius 3 is 2.51 bits per heavy atom. The number of rotatable bonds is 7. The zero-order chi connectivity index (χ0) is 29.3. The summed E-state index contributed by atoms with van der Waals surface area (Å²) in [7, 11) is 0. The summed E-state index contributed by atoms with van der Waals surface area (Å²) in [5.74, 6) is 0.349. The second-order valence-electron chi connectivity index (χ2n) is 9.86. The molecule has 0 radical (unpaired) electrons. The van der Waals surface area contributed by atoms with Crippen LogP contribution in [0.4, 0.5) is 8.78 Å². The van der Waals surface area contributed by atoms with Crippen molar-refractivity contribution in [2.45, 2.75) is 12.6 Å². The molecule has 1 amide bonds. The molecule has 0 aliphatic carbocycles. The molecular weight excluding hydrogens is 576 g/mol. The van der Waals surface area contributed by atoms with Crippen LogP contribution in [0.5, 0.6) is 0 Å². The Kier molecular flexibility index (Phi) is 7.12. The third-order valence-corrected chi connectivity index (χ3v) is 8.06. The maximum atomic E-state index is 13.5. The fourth-order valence-electron chi connectivity index (χ4n) is 5.16. The van der Waals surface area contributed by atoms with E-state index < -0.39 is 12.6 Å². The van der Waals surface area contributed by atoms with Crippen LogP contribution in [0.2, 0.25) is 0 Å². The van der Waals surface area contributed by atoms with Crippen LogP contribution in [0.1, 0.15) is 34.5 Å². The van der Waals surface area contributed by atoms with E-state index in [2.05, 4.69) is 35.3 Å². The molecule has 1 fully saturated rings. The van der Waals surface area contributed by atoms with Gasteiger partial charge in [-0.2, -0.15) is 8.78 Å². The molecular formula is C29H23F2N9O2S. The molecule has 1 atom stereocenters. The minimum absolute atomic E-state index is 0.178. The molecule has 2 aromatic carbocycles. The number of pyridine rings is 1. The third-order valence-electron chi connectivity index (χ3n) is 7.24. The number of carbonyl (C=O) groups excluding carboxylic acids is 1. The number of piperazine rings is 1. The van der Waals surface area contributed by atoms with E-state index in [1.165, 1.54) is 0 Å². The van der Waals surface area contributed by atoms with E-state index in [-0.39, 0.29) is 17.4 Å². The average Bonchev–Trinajstić information content (AvgIpc) is 3.83. The topological polar surface area (TPSA) is 119 Å². The molecule has 1 aliphatic heterocycles. The second-order valence-corrected chi connectivity index (χ2v) is 10.8. The summed E-state index contributed by atoms with van der Waals surface area (Å²) in [6.45, 7) is -1.13. The highest BCUT2D eigenvalue weighted by Crippen LogP contribution is 2.30. The number of alkyl halides is 2. The summed E-state index contributed by atoms with van der Waals surface area (Å²) in [4.78, 5) is 30.9. The molecule has 6 aromatic rings. The summed E-state index contributed by atoms with van der Waals surface area (Å²) in [6.07, 6.45) is 3.33. The van der Waals surface area contributed by atoms with Gasteiger partial charge < -0.3 is 9.32 Å². The fourth-order valence-corrected chi connectivity index (χ4v) is 5.80. The Morgan fingerprint density at radius 2 is 1.77 bits per heavy atom. The van der Waals surface area contributed by atoms with Gasteiger partial charge in [-0.05, 0) is 41.1 Å². The molecule has 1 aliphatic rings. The van der Waals surface area contributed by atoms with Crippen LogP contribution in [-0.2, 0) is 0 Å². The first-order chi connectivity index (χ1) is 21.0. The lowest BCUT2D eigenvalue weighted by Crippen LogP contribution is -2.50. The lowest BCUT2D eigenvalue weighted by Gasteiger charge is -2.38. The maximum Gasteiger partial charge on any atom is 0.350 e. The highest BCUT2D eigenvalue weighted by molar-refractivity contribution is 7.13. The number of fused-ring (bicyclic) bond motifs is 1. The Morgan fingerprint density at radius 1 is 0.930 bits per heavy atom. The second kappa shape index (κ2) is 11.4. The highest BCUT2D eigenvalue weighted by atomic mass is 32.1. The number of tetrazole rings is 1. The first-order valence-electron chi connectivity index (χ1n) is 13.5. The van der Waals surface area contributed by atoms with E-state index in [0.717, 1.165) is 16.1 Å². The standard InChI is InChI=1S/C29H23F2N9O2S/c30-29(31)40-36-25(35-37-40)24(18-4-2-1-3-5-18)38-11-13-39(14-12-38)28(41)22-16-19(8-9-32-22)26-34-21-17-20(6-7-23(21)42-26)27-33-10-15-43-27/h1-10,15-17,24,29H,11-14H2/t24-/m1/s1. The lowest BCUT2D eigenvalue weighted by molar-refractivity contribution is 0.0385. The minimum Gasteiger partial charge on any atom is -0.436 e. The molecule has 4 aromatic heterocycles. The molecule has 0 N–H and O–H groups in total. The van der Waals surface area contributed by atoms with Crippen LogP contribution < -0.4 is 0 Å². The third kappa shape index (κ3) is 5.37. The molecule has 5 heterocycles. The predicted octanol–water partition coefficient (Wildman–Crippen LogP) is 4.94. The highest BCUT2D eigenvalue weighted by Gasteiger charge is 2.32. The van der Waals surface area contributed by atoms with Gasteiger partial charge in [0.1, 0.15) is 16.2 Å². The van der Waals surface area contributed by atoms with Crippen molar-refractivity contribution in [1.29, 1.82) is 0 Å². The smallest absolute Gasteiger partial charge is 0.350 e. The Labute approximate surface area is 247 Å². The minimum atomic E-state index is -2.88. The molecule has 0 spiro atoms. The van der Waals surface area contributed by atoms with Gasteiger partial charge in [0.05, 0.1) is 6.04 Å². The van der Waals surface area contributed by atoms with E-state index >= 15 is 0 Å². The van der Waals surface area contributed by atoms with Crippen molar-refractivity contribution in [2.24, 2.45) is 0 Å². The molecule has 14 heteroatoms. The van der Waals surface area contributed by atoms with Crippen molar-refractivity contribution in [3.63, 3.8) is 0 Å². The summed E-state index contributed by atoms with van der Waals surface area (Å²) >= 11 is 1.55. The number of halogens is 2. The number of carbonyl (C=O) groups is 1. The first kappa shape index (κ1) is 26.9. The zero-order valence-corrected chi connectivity index (χ0v) is 23.3. The van der Waals surface area contributed by atoms with E-state index in [1.807, 2.05) is 53.9 Å². The molecule has 1 saturated heterocycles. The largest absolute Gasteiger partial charge is 0.436 e. The normalized spacial score (nSPS) is 14.9. The summed E-state index contributed by atoms with van der Waals surface area (Å²) < 4.78 is 32.3. The van der Waals surface area contributed by atoms with E-state index in [1.54, 1.807) is 40.8 Å². The summed E-state index contributed by atoms with van der Waals surface area (Å²) in [5.41, 5.74) is 4.05. The van der Waals surface area contributed by atoms with Crippen molar-refractivity contribution < 1.29 is 18.0 Å². The predicted molar refractivity (Wildman–Crippen MR) is 153 cm³/mol. The van der Waals surface area contributed by atoms with Gasteiger partial charge in [0.15, 0.2) is 11.4 Å². The average molecular weight is 600 g/mol. The molecule has 0 unspecified atom stereocenters. The van der Waals surface area contributed by atoms with E-state index in [0.29, 0.717) is 53.5 Å². The van der Waals surface area contributed by atoms with Crippen molar-refractivity contribution in [1.82, 2.24) is 45.0 Å². The number of oxazole rings is 1. The van der Waals surface area contributed by atoms with Gasteiger partial charge in [0, 0.05) is 55.1 Å². The molecule has 216 valence electrons. The number of aromatic nitrogens is 7. The fraction of sp³-hybridized carbons (Fsp3) is 0.207. The number of hydrogen-bond acceptors (Lipinski definition) is 10. The van der Waals surface area contributed by atoms with Gasteiger partial charge in [-0.25, -0.2) is 9.97 Å². The SMILES string of the molecule is O=C(c1cc(-c2nc3cc(-c4nccs4)ccc3o2)ccn1)N1CCN([C@H](c2ccccc2)c2nnn(C(F)F)n2)CC1. The van der Waals surface area contributed by atoms with Crippen LogP contribution in [0.25, 0.3) is 33.1 Å². The van der Waals surface area contributed by atoms with Gasteiger partial charge in [-0.1, -0.05) is 35.1 Å². The van der Waals surface area contributed by atoms with Gasteiger partial charge in [-0.15, -0.1) is 21.5 Å².